The Morgan fingerprint density at radius 2 is 1.85 bits per heavy atom. The number of hydrogen-bond acceptors (Lipinski definition) is 2. The summed E-state index contributed by atoms with van der Waals surface area (Å²) in [6, 6.07) is 8.17. The molecule has 20 heavy (non-hydrogen) atoms. The van der Waals surface area contributed by atoms with Gasteiger partial charge < -0.3 is 4.90 Å². The van der Waals surface area contributed by atoms with Gasteiger partial charge in [0.15, 0.2) is 0 Å². The van der Waals surface area contributed by atoms with Crippen molar-refractivity contribution >= 4 is 28.3 Å². The maximum Gasteiger partial charge on any atom is 0.129 e. The Kier molecular flexibility index (Phi) is 3.59. The van der Waals surface area contributed by atoms with Gasteiger partial charge >= 0.3 is 0 Å². The zero-order valence-corrected chi connectivity index (χ0v) is 13.1. The van der Waals surface area contributed by atoms with Gasteiger partial charge in [-0.15, -0.1) is 0 Å². The number of fused-ring (bicyclic) bond motifs is 1. The number of piperidine rings is 1. The smallest absolute Gasteiger partial charge is 0.129 e. The van der Waals surface area contributed by atoms with Crippen LogP contribution in [-0.4, -0.2) is 18.1 Å². The normalized spacial score (nSPS) is 23.3. The molecule has 2 aromatic rings. The van der Waals surface area contributed by atoms with Crippen molar-refractivity contribution in [3.63, 3.8) is 0 Å². The monoisotopic (exact) mass is 288 g/mol. The molecule has 1 aliphatic rings. The van der Waals surface area contributed by atoms with E-state index in [2.05, 4.69) is 37.8 Å². The van der Waals surface area contributed by atoms with Crippen molar-refractivity contribution in [2.45, 2.75) is 27.2 Å². The Bertz CT molecular complexity index is 628. The fourth-order valence-corrected chi connectivity index (χ4v) is 3.54. The highest BCUT2D eigenvalue weighted by atomic mass is 35.5. The molecule has 0 radical (unpaired) electrons. The molecule has 0 spiro atoms. The summed E-state index contributed by atoms with van der Waals surface area (Å²) in [6.07, 6.45) is 1.31. The first-order chi connectivity index (χ1) is 9.52. The minimum Gasteiger partial charge on any atom is -0.356 e. The molecule has 1 fully saturated rings. The fraction of sp³-hybridized carbons (Fsp3) is 0.471. The van der Waals surface area contributed by atoms with Crippen LogP contribution in [0.1, 0.15) is 25.8 Å². The molecule has 0 aliphatic carbocycles. The van der Waals surface area contributed by atoms with E-state index in [9.17, 15) is 0 Å². The summed E-state index contributed by atoms with van der Waals surface area (Å²) in [5, 5.41) is 1.94. The Hall–Kier alpha value is -1.28. The number of aryl methyl sites for hydroxylation is 1. The van der Waals surface area contributed by atoms with Crippen molar-refractivity contribution in [1.29, 1.82) is 0 Å². The van der Waals surface area contributed by atoms with Crippen LogP contribution in [0.25, 0.3) is 10.9 Å². The molecule has 3 heteroatoms. The van der Waals surface area contributed by atoms with E-state index < -0.39 is 0 Å². The second-order valence-electron chi connectivity index (χ2n) is 6.31. The average molecular weight is 289 g/mol. The molecule has 0 saturated carbocycles. The predicted octanol–water partition coefficient (Wildman–Crippen LogP) is 4.68. The number of rotatable bonds is 1. The number of nitrogens with zero attached hydrogens (tertiary/aromatic N) is 2. The lowest BCUT2D eigenvalue weighted by Gasteiger charge is -2.36. The van der Waals surface area contributed by atoms with Gasteiger partial charge in [-0.1, -0.05) is 31.5 Å². The fourth-order valence-electron chi connectivity index (χ4n) is 3.37. The molecule has 1 aliphatic heterocycles. The zero-order valence-electron chi connectivity index (χ0n) is 12.4. The van der Waals surface area contributed by atoms with E-state index in [-0.39, 0.29) is 0 Å². The largest absolute Gasteiger partial charge is 0.356 e. The number of aromatic nitrogens is 1. The Labute approximate surface area is 125 Å². The third-order valence-corrected chi connectivity index (χ3v) is 4.39. The van der Waals surface area contributed by atoms with E-state index in [4.69, 9.17) is 16.6 Å². The molecule has 3 rings (SSSR count). The van der Waals surface area contributed by atoms with Gasteiger partial charge in [-0.05, 0) is 48.9 Å². The number of anilines is 1. The second-order valence-corrected chi connectivity index (χ2v) is 6.75. The molecule has 1 aromatic carbocycles. The second kappa shape index (κ2) is 5.25. The van der Waals surface area contributed by atoms with Crippen LogP contribution in [0, 0.1) is 18.8 Å². The van der Waals surface area contributed by atoms with Gasteiger partial charge in [0.2, 0.25) is 0 Å². The topological polar surface area (TPSA) is 16.1 Å². The Morgan fingerprint density at radius 1 is 1.15 bits per heavy atom. The standard InChI is InChI=1S/C17H21ClN2/c1-11-6-12(2)10-20(9-11)17-7-13(3)15-5-4-14(18)8-16(15)19-17/h4-5,7-8,11-12H,6,9-10H2,1-3H3/t11-,12-/m0/s1. The van der Waals surface area contributed by atoms with Crippen molar-refractivity contribution in [2.75, 3.05) is 18.0 Å². The lowest BCUT2D eigenvalue weighted by molar-refractivity contribution is 0.355. The van der Waals surface area contributed by atoms with Gasteiger partial charge in [0, 0.05) is 23.5 Å². The van der Waals surface area contributed by atoms with E-state index in [0.717, 1.165) is 41.3 Å². The molecule has 106 valence electrons. The number of pyridine rings is 1. The van der Waals surface area contributed by atoms with E-state index in [1.807, 2.05) is 12.1 Å². The zero-order chi connectivity index (χ0) is 14.3. The van der Waals surface area contributed by atoms with Crippen LogP contribution in [-0.2, 0) is 0 Å². The molecule has 0 N–H and O–H groups in total. The van der Waals surface area contributed by atoms with Crippen molar-refractivity contribution in [3.05, 3.63) is 34.9 Å². The average Bonchev–Trinajstić information content (AvgIpc) is 2.36. The Morgan fingerprint density at radius 3 is 2.55 bits per heavy atom. The van der Waals surface area contributed by atoms with Gasteiger partial charge in [-0.2, -0.15) is 0 Å². The maximum absolute atomic E-state index is 6.10. The van der Waals surface area contributed by atoms with E-state index in [0.29, 0.717) is 0 Å². The number of benzene rings is 1. The first kappa shape index (κ1) is 13.7. The third kappa shape index (κ3) is 2.62. The van der Waals surface area contributed by atoms with Gasteiger partial charge in [-0.3, -0.25) is 0 Å². The van der Waals surface area contributed by atoms with Crippen LogP contribution in [0.5, 0.6) is 0 Å². The molecule has 2 atom stereocenters. The van der Waals surface area contributed by atoms with Crippen LogP contribution in [0.15, 0.2) is 24.3 Å². The lowest BCUT2D eigenvalue weighted by atomic mass is 9.92. The first-order valence-corrected chi connectivity index (χ1v) is 7.72. The summed E-state index contributed by atoms with van der Waals surface area (Å²) in [7, 11) is 0. The number of halogens is 1. The van der Waals surface area contributed by atoms with Gasteiger partial charge in [0.25, 0.3) is 0 Å². The maximum atomic E-state index is 6.10. The summed E-state index contributed by atoms with van der Waals surface area (Å²) >= 11 is 6.10. The van der Waals surface area contributed by atoms with Crippen molar-refractivity contribution in [1.82, 2.24) is 4.98 Å². The highest BCUT2D eigenvalue weighted by Crippen LogP contribution is 2.29. The highest BCUT2D eigenvalue weighted by Gasteiger charge is 2.23. The van der Waals surface area contributed by atoms with Gasteiger partial charge in [-0.25, -0.2) is 4.98 Å². The lowest BCUT2D eigenvalue weighted by Crippen LogP contribution is -2.39. The molecule has 0 amide bonds. The molecule has 0 bridgehead atoms. The summed E-state index contributed by atoms with van der Waals surface area (Å²) < 4.78 is 0. The van der Waals surface area contributed by atoms with Crippen LogP contribution >= 0.6 is 11.6 Å². The van der Waals surface area contributed by atoms with Crippen LogP contribution in [0.4, 0.5) is 5.82 Å². The third-order valence-electron chi connectivity index (χ3n) is 4.16. The molecule has 1 aromatic heterocycles. The quantitative estimate of drug-likeness (QED) is 0.757. The van der Waals surface area contributed by atoms with Crippen LogP contribution in [0.2, 0.25) is 5.02 Å². The van der Waals surface area contributed by atoms with E-state index in [1.165, 1.54) is 17.4 Å². The Balaban J connectivity index is 2.03. The summed E-state index contributed by atoms with van der Waals surface area (Å²) in [4.78, 5) is 7.25. The van der Waals surface area contributed by atoms with Crippen molar-refractivity contribution in [3.8, 4) is 0 Å². The molecule has 0 unspecified atom stereocenters. The van der Waals surface area contributed by atoms with E-state index >= 15 is 0 Å². The van der Waals surface area contributed by atoms with Crippen LogP contribution in [0.3, 0.4) is 0 Å². The predicted molar refractivity (Wildman–Crippen MR) is 86.6 cm³/mol. The minimum atomic E-state index is 0.732. The van der Waals surface area contributed by atoms with Gasteiger partial charge in [0.05, 0.1) is 5.52 Å². The first-order valence-electron chi connectivity index (χ1n) is 7.35. The minimum absolute atomic E-state index is 0.732. The molecule has 2 nitrogen and oxygen atoms in total. The summed E-state index contributed by atoms with van der Waals surface area (Å²) in [6.45, 7) is 9.00. The summed E-state index contributed by atoms with van der Waals surface area (Å²) in [5.74, 6) is 2.56. The van der Waals surface area contributed by atoms with E-state index in [1.54, 1.807) is 0 Å². The number of hydrogen-bond donors (Lipinski definition) is 0. The van der Waals surface area contributed by atoms with Crippen LogP contribution < -0.4 is 4.90 Å². The molecule has 1 saturated heterocycles. The van der Waals surface area contributed by atoms with Crippen molar-refractivity contribution in [2.24, 2.45) is 11.8 Å². The molecular formula is C17H21ClN2. The molecular weight excluding hydrogens is 268 g/mol. The molecule has 2 heterocycles. The van der Waals surface area contributed by atoms with Gasteiger partial charge in [0.1, 0.15) is 5.82 Å². The van der Waals surface area contributed by atoms with Crippen molar-refractivity contribution < 1.29 is 0 Å². The summed E-state index contributed by atoms with van der Waals surface area (Å²) in [5.41, 5.74) is 2.27. The SMILES string of the molecule is Cc1cc(N2C[C@@H](C)C[C@H](C)C2)nc2cc(Cl)ccc12. The highest BCUT2D eigenvalue weighted by molar-refractivity contribution is 6.31.